The van der Waals surface area contributed by atoms with E-state index in [0.29, 0.717) is 32.5 Å². The van der Waals surface area contributed by atoms with Crippen molar-refractivity contribution in [2.45, 2.75) is 25.4 Å². The molecular weight excluding hydrogens is 264 g/mol. The Morgan fingerprint density at radius 3 is 3.00 bits per heavy atom. The number of likely N-dealkylation sites (tertiary alicyclic amines) is 1. The second-order valence-electron chi connectivity index (χ2n) is 5.72. The molecule has 0 aliphatic carbocycles. The summed E-state index contributed by atoms with van der Waals surface area (Å²) in [6.07, 6.45) is 2.84. The first-order chi connectivity index (χ1) is 10.0. The fourth-order valence-electron chi connectivity index (χ4n) is 2.91. The van der Waals surface area contributed by atoms with E-state index in [1.54, 1.807) is 6.08 Å². The Morgan fingerprint density at radius 1 is 1.52 bits per heavy atom. The van der Waals surface area contributed by atoms with Gasteiger partial charge in [-0.1, -0.05) is 30.3 Å². The summed E-state index contributed by atoms with van der Waals surface area (Å²) in [7, 11) is 0. The molecule has 1 aromatic carbocycles. The molecular formula is C17H24N2O2. The highest BCUT2D eigenvalue weighted by atomic mass is 16.3. The smallest absolute Gasteiger partial charge is 0.221 e. The van der Waals surface area contributed by atoms with Crippen LogP contribution < -0.4 is 5.32 Å². The van der Waals surface area contributed by atoms with Gasteiger partial charge in [-0.2, -0.15) is 0 Å². The van der Waals surface area contributed by atoms with Crippen LogP contribution in [-0.4, -0.2) is 42.1 Å². The van der Waals surface area contributed by atoms with Gasteiger partial charge < -0.3 is 10.4 Å². The molecule has 1 fully saturated rings. The molecule has 0 saturated carbocycles. The number of β-amino-alcohol motifs (C(OH)–C–C–N with tert-alkyl or cyclic N) is 1. The predicted octanol–water partition coefficient (Wildman–Crippen LogP) is 1.58. The number of carbonyl (C=O) groups excluding carboxylic acids is 1. The number of nitrogens with zero attached hydrogens (tertiary/aromatic N) is 1. The van der Waals surface area contributed by atoms with E-state index in [4.69, 9.17) is 0 Å². The molecule has 2 N–H and O–H groups in total. The summed E-state index contributed by atoms with van der Waals surface area (Å²) in [5.74, 6) is 0.0289. The Kier molecular flexibility index (Phi) is 5.15. The molecule has 0 aromatic heterocycles. The zero-order valence-corrected chi connectivity index (χ0v) is 12.6. The van der Waals surface area contributed by atoms with Crippen molar-refractivity contribution >= 4 is 5.91 Å². The van der Waals surface area contributed by atoms with Crippen molar-refractivity contribution in [3.63, 3.8) is 0 Å². The third kappa shape index (κ3) is 3.93. The van der Waals surface area contributed by atoms with Gasteiger partial charge in [0.2, 0.25) is 5.91 Å². The zero-order valence-electron chi connectivity index (χ0n) is 12.6. The minimum Gasteiger partial charge on any atom is -0.384 e. The Balaban J connectivity index is 1.90. The van der Waals surface area contributed by atoms with Gasteiger partial charge in [-0.15, -0.1) is 6.58 Å². The maximum absolute atomic E-state index is 11.6. The first-order valence-corrected chi connectivity index (χ1v) is 7.43. The third-order valence-electron chi connectivity index (χ3n) is 4.07. The molecule has 2 rings (SSSR count). The van der Waals surface area contributed by atoms with Gasteiger partial charge >= 0.3 is 0 Å². The monoisotopic (exact) mass is 288 g/mol. The van der Waals surface area contributed by atoms with Crippen LogP contribution in [0, 0.1) is 6.92 Å². The summed E-state index contributed by atoms with van der Waals surface area (Å²) in [6, 6.07) is 7.97. The van der Waals surface area contributed by atoms with Crippen molar-refractivity contribution in [2.75, 3.05) is 26.2 Å². The van der Waals surface area contributed by atoms with Gasteiger partial charge in [0.1, 0.15) is 5.60 Å². The molecule has 1 heterocycles. The SMILES string of the molecule is C=CCNC(=O)CCN1CC[C@](O)(c2ccccc2C)C1. The lowest BCUT2D eigenvalue weighted by molar-refractivity contribution is -0.121. The molecule has 0 bridgehead atoms. The highest BCUT2D eigenvalue weighted by molar-refractivity contribution is 5.76. The number of amides is 1. The minimum absolute atomic E-state index is 0.0289. The molecule has 0 spiro atoms. The molecule has 1 aliphatic rings. The second-order valence-corrected chi connectivity index (χ2v) is 5.72. The number of rotatable bonds is 6. The average molecular weight is 288 g/mol. The summed E-state index contributed by atoms with van der Waals surface area (Å²) in [5, 5.41) is 13.6. The summed E-state index contributed by atoms with van der Waals surface area (Å²) in [5.41, 5.74) is 1.33. The molecule has 0 radical (unpaired) electrons. The van der Waals surface area contributed by atoms with Crippen LogP contribution in [0.1, 0.15) is 24.0 Å². The van der Waals surface area contributed by atoms with Crippen LogP contribution in [0.4, 0.5) is 0 Å². The van der Waals surface area contributed by atoms with Gasteiger partial charge in [0.05, 0.1) is 0 Å². The number of aryl methyl sites for hydroxylation is 1. The van der Waals surface area contributed by atoms with Crippen LogP contribution in [0.5, 0.6) is 0 Å². The molecule has 1 aliphatic heterocycles. The fourth-order valence-corrected chi connectivity index (χ4v) is 2.91. The molecule has 4 nitrogen and oxygen atoms in total. The molecule has 1 aromatic rings. The first-order valence-electron chi connectivity index (χ1n) is 7.43. The van der Waals surface area contributed by atoms with E-state index < -0.39 is 5.60 Å². The number of benzene rings is 1. The second kappa shape index (κ2) is 6.87. The Hall–Kier alpha value is -1.65. The van der Waals surface area contributed by atoms with Crippen LogP contribution in [0.2, 0.25) is 0 Å². The van der Waals surface area contributed by atoms with Crippen LogP contribution in [0.25, 0.3) is 0 Å². The molecule has 21 heavy (non-hydrogen) atoms. The summed E-state index contributed by atoms with van der Waals surface area (Å²) >= 11 is 0. The lowest BCUT2D eigenvalue weighted by Crippen LogP contribution is -2.34. The van der Waals surface area contributed by atoms with Gasteiger partial charge in [0.25, 0.3) is 0 Å². The van der Waals surface area contributed by atoms with Crippen molar-refractivity contribution in [3.05, 3.63) is 48.0 Å². The summed E-state index contributed by atoms with van der Waals surface area (Å²) in [6.45, 7) is 8.19. The van der Waals surface area contributed by atoms with E-state index in [0.717, 1.165) is 17.7 Å². The van der Waals surface area contributed by atoms with Gasteiger partial charge in [-0.25, -0.2) is 0 Å². The van der Waals surface area contributed by atoms with Crippen LogP contribution in [0.3, 0.4) is 0 Å². The van der Waals surface area contributed by atoms with E-state index in [1.165, 1.54) is 0 Å². The number of hydrogen-bond acceptors (Lipinski definition) is 3. The van der Waals surface area contributed by atoms with Gasteiger partial charge in [0.15, 0.2) is 0 Å². The molecule has 0 unspecified atom stereocenters. The number of carbonyl (C=O) groups is 1. The van der Waals surface area contributed by atoms with Crippen molar-refractivity contribution < 1.29 is 9.90 Å². The molecule has 1 atom stereocenters. The number of aliphatic hydroxyl groups is 1. The highest BCUT2D eigenvalue weighted by Crippen LogP contribution is 2.33. The third-order valence-corrected chi connectivity index (χ3v) is 4.07. The normalized spacial score (nSPS) is 22.2. The highest BCUT2D eigenvalue weighted by Gasteiger charge is 2.38. The van der Waals surface area contributed by atoms with Gasteiger partial charge in [0, 0.05) is 32.6 Å². The summed E-state index contributed by atoms with van der Waals surface area (Å²) < 4.78 is 0. The predicted molar refractivity (Wildman–Crippen MR) is 84.0 cm³/mol. The molecule has 4 heteroatoms. The zero-order chi connectivity index (χ0) is 15.3. The van der Waals surface area contributed by atoms with Gasteiger partial charge in [-0.3, -0.25) is 9.69 Å². The van der Waals surface area contributed by atoms with Crippen LogP contribution in [-0.2, 0) is 10.4 Å². The topological polar surface area (TPSA) is 52.6 Å². The van der Waals surface area contributed by atoms with Crippen molar-refractivity contribution in [1.82, 2.24) is 10.2 Å². The Bertz CT molecular complexity index is 515. The van der Waals surface area contributed by atoms with E-state index >= 15 is 0 Å². The molecule has 1 amide bonds. The Labute approximate surface area is 126 Å². The lowest BCUT2D eigenvalue weighted by Gasteiger charge is -2.25. The largest absolute Gasteiger partial charge is 0.384 e. The fraction of sp³-hybridized carbons (Fsp3) is 0.471. The standard InChI is InChI=1S/C17H24N2O2/c1-3-10-18-16(20)8-11-19-12-9-17(21,13-19)15-7-5-4-6-14(15)2/h3-7,21H,1,8-13H2,2H3,(H,18,20)/t17-/m1/s1. The first kappa shape index (κ1) is 15.7. The van der Waals surface area contributed by atoms with Crippen LogP contribution in [0.15, 0.2) is 36.9 Å². The maximum Gasteiger partial charge on any atom is 0.221 e. The van der Waals surface area contributed by atoms with Gasteiger partial charge in [-0.05, 0) is 24.5 Å². The van der Waals surface area contributed by atoms with Crippen molar-refractivity contribution in [2.24, 2.45) is 0 Å². The number of nitrogens with one attached hydrogen (secondary N) is 1. The maximum atomic E-state index is 11.6. The van der Waals surface area contributed by atoms with Crippen molar-refractivity contribution in [1.29, 1.82) is 0 Å². The average Bonchev–Trinajstić information content (AvgIpc) is 2.86. The van der Waals surface area contributed by atoms with Crippen LogP contribution >= 0.6 is 0 Å². The quantitative estimate of drug-likeness (QED) is 0.782. The van der Waals surface area contributed by atoms with E-state index in [1.807, 2.05) is 31.2 Å². The van der Waals surface area contributed by atoms with E-state index in [2.05, 4.69) is 16.8 Å². The van der Waals surface area contributed by atoms with Crippen molar-refractivity contribution in [3.8, 4) is 0 Å². The van der Waals surface area contributed by atoms with E-state index in [-0.39, 0.29) is 5.91 Å². The lowest BCUT2D eigenvalue weighted by atomic mass is 9.89. The number of hydrogen-bond donors (Lipinski definition) is 2. The Morgan fingerprint density at radius 2 is 2.29 bits per heavy atom. The molecule has 1 saturated heterocycles. The molecule has 114 valence electrons. The van der Waals surface area contributed by atoms with E-state index in [9.17, 15) is 9.90 Å². The minimum atomic E-state index is -0.789. The summed E-state index contributed by atoms with van der Waals surface area (Å²) in [4.78, 5) is 13.7.